The maximum Gasteiger partial charge on any atom is 0.111 e. The van der Waals surface area contributed by atoms with Crippen LogP contribution in [0.25, 0.3) is 33.7 Å². The van der Waals surface area contributed by atoms with Crippen molar-refractivity contribution in [2.75, 3.05) is 0 Å². The summed E-state index contributed by atoms with van der Waals surface area (Å²) in [4.78, 5) is 13.8. The summed E-state index contributed by atoms with van der Waals surface area (Å²) in [7, 11) is 0. The van der Waals surface area contributed by atoms with E-state index in [1.165, 1.54) is 0 Å². The second-order valence-electron chi connectivity index (χ2n) is 8.04. The topological polar surface area (TPSA) is 124 Å². The van der Waals surface area contributed by atoms with Crippen LogP contribution in [-0.2, 0) is 12.1 Å². The van der Waals surface area contributed by atoms with Crippen molar-refractivity contribution in [3.63, 3.8) is 0 Å². The fraction of sp³-hybridized carbons (Fsp3) is 0.250. The van der Waals surface area contributed by atoms with Gasteiger partial charge in [-0.1, -0.05) is 6.07 Å². The lowest BCUT2D eigenvalue weighted by atomic mass is 9.67. The van der Waals surface area contributed by atoms with Crippen LogP contribution >= 0.6 is 0 Å². The van der Waals surface area contributed by atoms with Gasteiger partial charge in [0, 0.05) is 17.8 Å². The summed E-state index contributed by atoms with van der Waals surface area (Å²) in [5.74, 6) is -0.0487. The van der Waals surface area contributed by atoms with Gasteiger partial charge in [0.15, 0.2) is 0 Å². The molecule has 8 heteroatoms. The quantitative estimate of drug-likeness (QED) is 0.522. The van der Waals surface area contributed by atoms with Crippen molar-refractivity contribution in [3.8, 4) is 34.9 Å². The van der Waals surface area contributed by atoms with Gasteiger partial charge in [0.25, 0.3) is 0 Å². The van der Waals surface area contributed by atoms with Crippen LogP contribution in [-0.4, -0.2) is 29.8 Å². The number of pyridine rings is 3. The van der Waals surface area contributed by atoms with Gasteiger partial charge in [-0.05, 0) is 49.2 Å². The number of nitrogens with zero attached hydrogens (tertiary/aromatic N) is 7. The second-order valence-corrected chi connectivity index (χ2v) is 8.04. The van der Waals surface area contributed by atoms with Gasteiger partial charge in [0.2, 0.25) is 0 Å². The summed E-state index contributed by atoms with van der Waals surface area (Å²) in [5.41, 5.74) is 3.49. The molecule has 1 N–H and O–H groups in total. The van der Waals surface area contributed by atoms with Crippen LogP contribution in [0.2, 0.25) is 0 Å². The Morgan fingerprint density at radius 2 is 1.94 bits per heavy atom. The SMILES string of the molecule is N#CCC1(n2ccc(-c3nc(-c4cccc(CO)n4)cc4ncccc34)n2)CC(C#N)C1. The molecule has 4 aromatic rings. The lowest BCUT2D eigenvalue weighted by molar-refractivity contribution is 0.0884. The molecule has 1 aliphatic rings. The molecular formula is C24H19N7O. The molecule has 5 rings (SSSR count). The lowest BCUT2D eigenvalue weighted by Gasteiger charge is -2.43. The van der Waals surface area contributed by atoms with Gasteiger partial charge in [0.1, 0.15) is 11.4 Å². The Kier molecular flexibility index (Phi) is 4.85. The van der Waals surface area contributed by atoms with Crippen LogP contribution in [0, 0.1) is 28.6 Å². The number of fused-ring (bicyclic) bond motifs is 1. The minimum Gasteiger partial charge on any atom is -0.390 e. The van der Waals surface area contributed by atoms with Crippen molar-refractivity contribution in [3.05, 3.63) is 60.6 Å². The van der Waals surface area contributed by atoms with E-state index in [0.29, 0.717) is 47.7 Å². The first-order valence-electron chi connectivity index (χ1n) is 10.3. The molecule has 0 atom stereocenters. The van der Waals surface area contributed by atoms with Crippen molar-refractivity contribution in [2.24, 2.45) is 5.92 Å². The molecule has 8 nitrogen and oxygen atoms in total. The zero-order chi connectivity index (χ0) is 22.1. The molecule has 1 aliphatic carbocycles. The molecule has 1 fully saturated rings. The van der Waals surface area contributed by atoms with Gasteiger partial charge in [-0.25, -0.2) is 9.97 Å². The number of aliphatic hydroxyl groups excluding tert-OH is 1. The smallest absolute Gasteiger partial charge is 0.111 e. The molecule has 0 aliphatic heterocycles. The van der Waals surface area contributed by atoms with Crippen molar-refractivity contribution in [1.29, 1.82) is 10.5 Å². The highest BCUT2D eigenvalue weighted by atomic mass is 16.3. The van der Waals surface area contributed by atoms with E-state index in [2.05, 4.69) is 22.1 Å². The molecule has 0 unspecified atom stereocenters. The Morgan fingerprint density at radius 1 is 1.06 bits per heavy atom. The molecule has 156 valence electrons. The Balaban J connectivity index is 1.62. The van der Waals surface area contributed by atoms with Crippen molar-refractivity contribution in [2.45, 2.75) is 31.4 Å². The maximum atomic E-state index is 9.45. The number of rotatable bonds is 5. The summed E-state index contributed by atoms with van der Waals surface area (Å²) in [6, 6.07) is 17.5. The molecule has 0 saturated heterocycles. The average Bonchev–Trinajstić information content (AvgIpc) is 3.31. The Morgan fingerprint density at radius 3 is 2.72 bits per heavy atom. The fourth-order valence-electron chi connectivity index (χ4n) is 4.33. The van der Waals surface area contributed by atoms with Crippen LogP contribution in [0.5, 0.6) is 0 Å². The molecule has 1 saturated carbocycles. The third-order valence-electron chi connectivity index (χ3n) is 5.99. The highest BCUT2D eigenvalue weighted by Crippen LogP contribution is 2.46. The average molecular weight is 421 g/mol. The summed E-state index contributed by atoms with van der Waals surface area (Å²) in [6.07, 6.45) is 5.13. The van der Waals surface area contributed by atoms with Gasteiger partial charge in [-0.15, -0.1) is 0 Å². The first-order valence-corrected chi connectivity index (χ1v) is 10.3. The molecule has 4 aromatic heterocycles. The summed E-state index contributed by atoms with van der Waals surface area (Å²) >= 11 is 0. The number of hydrogen-bond acceptors (Lipinski definition) is 7. The zero-order valence-electron chi connectivity index (χ0n) is 17.2. The summed E-state index contributed by atoms with van der Waals surface area (Å²) in [5, 5.41) is 33.6. The highest BCUT2D eigenvalue weighted by Gasteiger charge is 2.46. The van der Waals surface area contributed by atoms with E-state index in [0.717, 1.165) is 10.9 Å². The predicted octanol–water partition coefficient (Wildman–Crippen LogP) is 3.59. The number of aromatic nitrogens is 5. The summed E-state index contributed by atoms with van der Waals surface area (Å²) < 4.78 is 1.82. The third-order valence-corrected chi connectivity index (χ3v) is 5.99. The van der Waals surface area contributed by atoms with E-state index >= 15 is 0 Å². The molecule has 0 aromatic carbocycles. The van der Waals surface area contributed by atoms with Gasteiger partial charge in [-0.2, -0.15) is 15.6 Å². The normalized spacial score (nSPS) is 19.8. The lowest BCUT2D eigenvalue weighted by Crippen LogP contribution is -2.46. The first kappa shape index (κ1) is 19.8. The van der Waals surface area contributed by atoms with E-state index < -0.39 is 5.54 Å². The van der Waals surface area contributed by atoms with Crippen molar-refractivity contribution >= 4 is 10.9 Å². The molecule has 0 bridgehead atoms. The van der Waals surface area contributed by atoms with E-state index in [-0.39, 0.29) is 12.5 Å². The number of nitriles is 2. The van der Waals surface area contributed by atoms with E-state index in [4.69, 9.17) is 10.1 Å². The van der Waals surface area contributed by atoms with E-state index in [1.54, 1.807) is 12.3 Å². The van der Waals surface area contributed by atoms with Crippen LogP contribution in [0.15, 0.2) is 54.9 Å². The van der Waals surface area contributed by atoms with Crippen LogP contribution in [0.1, 0.15) is 25.0 Å². The first-order chi connectivity index (χ1) is 15.7. The third kappa shape index (κ3) is 3.27. The van der Waals surface area contributed by atoms with Crippen molar-refractivity contribution < 1.29 is 5.11 Å². The molecule has 0 amide bonds. The predicted molar refractivity (Wildman–Crippen MR) is 116 cm³/mol. The van der Waals surface area contributed by atoms with Crippen molar-refractivity contribution in [1.82, 2.24) is 24.7 Å². The summed E-state index contributed by atoms with van der Waals surface area (Å²) in [6.45, 7) is -0.151. The minimum atomic E-state index is -0.448. The van der Waals surface area contributed by atoms with Crippen LogP contribution < -0.4 is 0 Å². The Hall–Kier alpha value is -4.14. The van der Waals surface area contributed by atoms with E-state index in [9.17, 15) is 15.6 Å². The van der Waals surface area contributed by atoms with Crippen LogP contribution in [0.4, 0.5) is 0 Å². The fourth-order valence-corrected chi connectivity index (χ4v) is 4.33. The minimum absolute atomic E-state index is 0.0487. The molecule has 0 spiro atoms. The number of aliphatic hydroxyl groups is 1. The zero-order valence-corrected chi connectivity index (χ0v) is 17.2. The molecule has 4 heterocycles. The van der Waals surface area contributed by atoms with E-state index in [1.807, 2.05) is 47.3 Å². The largest absolute Gasteiger partial charge is 0.390 e. The molecular weight excluding hydrogens is 402 g/mol. The highest BCUT2D eigenvalue weighted by molar-refractivity contribution is 5.93. The van der Waals surface area contributed by atoms with Gasteiger partial charge in [-0.3, -0.25) is 9.67 Å². The second kappa shape index (κ2) is 7.84. The standard InChI is InChI=1S/C24H19N7O/c25-8-7-24(12-16(13-24)14-26)31-10-6-20(30-31)23-18-4-2-9-27-21(18)11-22(29-23)19-5-1-3-17(15-32)28-19/h1-6,9-11,16,32H,7,12-13,15H2. The number of hydrogen-bond donors (Lipinski definition) is 1. The van der Waals surface area contributed by atoms with Gasteiger partial charge in [0.05, 0.1) is 59.2 Å². The Labute approximate surface area is 184 Å². The molecule has 0 radical (unpaired) electrons. The monoisotopic (exact) mass is 421 g/mol. The van der Waals surface area contributed by atoms with Gasteiger partial charge < -0.3 is 5.11 Å². The van der Waals surface area contributed by atoms with Crippen LogP contribution in [0.3, 0.4) is 0 Å². The molecule has 32 heavy (non-hydrogen) atoms. The Bertz CT molecular complexity index is 1390. The van der Waals surface area contributed by atoms with Gasteiger partial charge >= 0.3 is 0 Å². The maximum absolute atomic E-state index is 9.45.